The Balaban J connectivity index is 2.02. The maximum Gasteiger partial charge on any atom is 0.319 e. The van der Waals surface area contributed by atoms with Gasteiger partial charge in [0.25, 0.3) is 0 Å². The maximum absolute atomic E-state index is 12.1. The number of benzene rings is 1. The van der Waals surface area contributed by atoms with E-state index in [1.807, 2.05) is 24.3 Å². The van der Waals surface area contributed by atoms with Crippen LogP contribution in [0.25, 0.3) is 0 Å². The smallest absolute Gasteiger partial charge is 0.319 e. The average molecular weight is 261 g/mol. The molecule has 0 atom stereocenters. The van der Waals surface area contributed by atoms with Crippen LogP contribution in [0.1, 0.15) is 30.9 Å². The van der Waals surface area contributed by atoms with Crippen LogP contribution >= 0.6 is 0 Å². The monoisotopic (exact) mass is 261 g/mol. The van der Waals surface area contributed by atoms with Crippen molar-refractivity contribution in [3.8, 4) is 0 Å². The molecule has 1 aromatic carbocycles. The second-order valence-corrected chi connectivity index (χ2v) is 5.22. The molecule has 0 aliphatic heterocycles. The normalized spacial score (nSPS) is 15.9. The summed E-state index contributed by atoms with van der Waals surface area (Å²) < 4.78 is 0. The van der Waals surface area contributed by atoms with Gasteiger partial charge in [-0.15, -0.1) is 0 Å². The summed E-state index contributed by atoms with van der Waals surface area (Å²) in [4.78, 5) is 24.8. The Kier molecular flexibility index (Phi) is 3.60. The Hall–Kier alpha value is -1.84. The van der Waals surface area contributed by atoms with Crippen molar-refractivity contribution in [2.75, 3.05) is 7.05 Å². The van der Waals surface area contributed by atoms with Crippen LogP contribution in [0.4, 0.5) is 0 Å². The number of aryl methyl sites for hydroxylation is 1. The molecule has 1 N–H and O–H groups in total. The molecule has 4 nitrogen and oxygen atoms in total. The maximum atomic E-state index is 12.1. The molecule has 19 heavy (non-hydrogen) atoms. The molecule has 102 valence electrons. The zero-order valence-corrected chi connectivity index (χ0v) is 11.3. The fourth-order valence-electron chi connectivity index (χ4n) is 2.24. The van der Waals surface area contributed by atoms with Crippen LogP contribution in [-0.2, 0) is 22.6 Å². The summed E-state index contributed by atoms with van der Waals surface area (Å²) in [5.74, 6) is -1.27. The number of nitrogens with zero attached hydrogens (tertiary/aromatic N) is 1. The molecule has 1 aromatic rings. The van der Waals surface area contributed by atoms with Crippen molar-refractivity contribution in [2.24, 2.45) is 5.41 Å². The van der Waals surface area contributed by atoms with E-state index in [-0.39, 0.29) is 5.91 Å². The van der Waals surface area contributed by atoms with Gasteiger partial charge in [0.2, 0.25) is 5.91 Å². The van der Waals surface area contributed by atoms with Gasteiger partial charge in [-0.2, -0.15) is 0 Å². The topological polar surface area (TPSA) is 57.6 Å². The van der Waals surface area contributed by atoms with Crippen molar-refractivity contribution in [3.05, 3.63) is 35.4 Å². The fourth-order valence-corrected chi connectivity index (χ4v) is 2.24. The molecule has 1 amide bonds. The van der Waals surface area contributed by atoms with Gasteiger partial charge in [-0.1, -0.05) is 31.2 Å². The van der Waals surface area contributed by atoms with Crippen LogP contribution in [0.2, 0.25) is 0 Å². The third-order valence-corrected chi connectivity index (χ3v) is 3.77. The van der Waals surface area contributed by atoms with E-state index in [0.717, 1.165) is 12.0 Å². The molecule has 0 radical (unpaired) electrons. The van der Waals surface area contributed by atoms with Crippen molar-refractivity contribution < 1.29 is 14.7 Å². The van der Waals surface area contributed by atoms with Crippen LogP contribution in [0.15, 0.2) is 24.3 Å². The molecule has 0 unspecified atom stereocenters. The number of hydrogen-bond donors (Lipinski definition) is 1. The number of aliphatic carboxylic acids is 1. The van der Waals surface area contributed by atoms with E-state index in [4.69, 9.17) is 5.11 Å². The highest BCUT2D eigenvalue weighted by atomic mass is 16.4. The van der Waals surface area contributed by atoms with Crippen LogP contribution in [0, 0.1) is 5.41 Å². The lowest BCUT2D eigenvalue weighted by Crippen LogP contribution is -2.38. The Morgan fingerprint density at radius 1 is 1.21 bits per heavy atom. The summed E-state index contributed by atoms with van der Waals surface area (Å²) in [5, 5.41) is 9.11. The van der Waals surface area contributed by atoms with Crippen molar-refractivity contribution >= 4 is 11.9 Å². The number of carbonyl (C=O) groups is 2. The van der Waals surface area contributed by atoms with Crippen molar-refractivity contribution in [1.29, 1.82) is 0 Å². The molecular formula is C15H19NO3. The van der Waals surface area contributed by atoms with Crippen LogP contribution in [-0.4, -0.2) is 28.9 Å². The van der Waals surface area contributed by atoms with E-state index >= 15 is 0 Å². The fraction of sp³-hybridized carbons (Fsp3) is 0.467. The quantitative estimate of drug-likeness (QED) is 0.825. The van der Waals surface area contributed by atoms with Gasteiger partial charge >= 0.3 is 5.97 Å². The van der Waals surface area contributed by atoms with Crippen molar-refractivity contribution in [1.82, 2.24) is 4.90 Å². The molecular weight excluding hydrogens is 242 g/mol. The van der Waals surface area contributed by atoms with E-state index in [1.54, 1.807) is 7.05 Å². The summed E-state index contributed by atoms with van der Waals surface area (Å²) in [6, 6.07) is 8.06. The van der Waals surface area contributed by atoms with E-state index in [9.17, 15) is 9.59 Å². The van der Waals surface area contributed by atoms with E-state index in [0.29, 0.717) is 19.4 Å². The Labute approximate surface area is 113 Å². The lowest BCUT2D eigenvalue weighted by atomic mass is 10.1. The van der Waals surface area contributed by atoms with Gasteiger partial charge in [0.05, 0.1) is 0 Å². The van der Waals surface area contributed by atoms with Gasteiger partial charge < -0.3 is 10.0 Å². The van der Waals surface area contributed by atoms with Crippen LogP contribution in [0.5, 0.6) is 0 Å². The molecule has 0 bridgehead atoms. The molecule has 1 aliphatic carbocycles. The lowest BCUT2D eigenvalue weighted by Gasteiger charge is -2.21. The highest BCUT2D eigenvalue weighted by Crippen LogP contribution is 2.47. The highest BCUT2D eigenvalue weighted by Gasteiger charge is 2.58. The predicted octanol–water partition coefficient (Wildman–Crippen LogP) is 2.07. The van der Waals surface area contributed by atoms with E-state index in [2.05, 4.69) is 6.92 Å². The zero-order valence-electron chi connectivity index (χ0n) is 11.3. The summed E-state index contributed by atoms with van der Waals surface area (Å²) in [6.45, 7) is 2.55. The lowest BCUT2D eigenvalue weighted by molar-refractivity contribution is -0.153. The summed E-state index contributed by atoms with van der Waals surface area (Å²) in [5.41, 5.74) is 1.13. The first-order valence-corrected chi connectivity index (χ1v) is 6.56. The Bertz CT molecular complexity index is 489. The molecule has 1 aliphatic rings. The van der Waals surface area contributed by atoms with Crippen LogP contribution in [0.3, 0.4) is 0 Å². The molecule has 2 rings (SSSR count). The average Bonchev–Trinajstić information content (AvgIpc) is 3.20. The van der Waals surface area contributed by atoms with E-state index < -0.39 is 11.4 Å². The number of carboxylic acids is 1. The van der Waals surface area contributed by atoms with Gasteiger partial charge in [-0.3, -0.25) is 9.59 Å². The molecule has 0 saturated heterocycles. The molecule has 1 saturated carbocycles. The first-order valence-electron chi connectivity index (χ1n) is 6.56. The summed E-state index contributed by atoms with van der Waals surface area (Å²) in [7, 11) is 1.67. The minimum absolute atomic E-state index is 0.278. The molecule has 0 spiro atoms. The van der Waals surface area contributed by atoms with Crippen LogP contribution < -0.4 is 0 Å². The van der Waals surface area contributed by atoms with E-state index in [1.165, 1.54) is 10.5 Å². The summed E-state index contributed by atoms with van der Waals surface area (Å²) >= 11 is 0. The largest absolute Gasteiger partial charge is 0.480 e. The standard InChI is InChI=1S/C15H19NO3/c1-3-11-4-6-12(7-5-11)10-16(2)13(17)15(8-9-15)14(18)19/h4-7H,3,8-10H2,1-2H3,(H,18,19). The third kappa shape index (κ3) is 2.62. The third-order valence-electron chi connectivity index (χ3n) is 3.77. The zero-order chi connectivity index (χ0) is 14.0. The first kappa shape index (κ1) is 13.6. The van der Waals surface area contributed by atoms with Gasteiger partial charge in [-0.05, 0) is 30.4 Å². The first-order chi connectivity index (χ1) is 8.99. The van der Waals surface area contributed by atoms with Crippen molar-refractivity contribution in [2.45, 2.75) is 32.7 Å². The Morgan fingerprint density at radius 2 is 1.74 bits per heavy atom. The van der Waals surface area contributed by atoms with Gasteiger partial charge in [0.15, 0.2) is 0 Å². The number of carboxylic acid groups (broad SMARTS) is 1. The number of amides is 1. The molecule has 0 aromatic heterocycles. The molecule has 0 heterocycles. The van der Waals surface area contributed by atoms with Gasteiger partial charge in [0, 0.05) is 13.6 Å². The number of rotatable bonds is 5. The summed E-state index contributed by atoms with van der Waals surface area (Å²) in [6.07, 6.45) is 1.90. The number of carbonyl (C=O) groups excluding carboxylic acids is 1. The number of hydrogen-bond acceptors (Lipinski definition) is 2. The minimum atomic E-state index is -1.14. The second-order valence-electron chi connectivity index (χ2n) is 5.22. The minimum Gasteiger partial charge on any atom is -0.480 e. The Morgan fingerprint density at radius 3 is 2.16 bits per heavy atom. The highest BCUT2D eigenvalue weighted by molar-refractivity contribution is 6.04. The predicted molar refractivity (Wildman–Crippen MR) is 71.6 cm³/mol. The van der Waals surface area contributed by atoms with Crippen molar-refractivity contribution in [3.63, 3.8) is 0 Å². The van der Waals surface area contributed by atoms with Gasteiger partial charge in [0.1, 0.15) is 5.41 Å². The second kappa shape index (κ2) is 5.03. The SMILES string of the molecule is CCc1ccc(CN(C)C(=O)C2(C(=O)O)CC2)cc1. The molecule has 1 fully saturated rings. The van der Waals surface area contributed by atoms with Gasteiger partial charge in [-0.25, -0.2) is 0 Å². The molecule has 4 heteroatoms.